The largest absolute Gasteiger partial charge is 0.488 e. The maximum absolute atomic E-state index is 13.6. The van der Waals surface area contributed by atoms with Gasteiger partial charge in [0.25, 0.3) is 5.69 Å². The number of amides is 1. The Morgan fingerprint density at radius 1 is 1.12 bits per heavy atom. The van der Waals surface area contributed by atoms with Crippen LogP contribution in [0.15, 0.2) is 36.4 Å². The molecule has 2 heterocycles. The van der Waals surface area contributed by atoms with E-state index in [1.54, 1.807) is 22.9 Å². The van der Waals surface area contributed by atoms with Crippen LogP contribution in [0.4, 0.5) is 28.9 Å². The zero-order chi connectivity index (χ0) is 30.9. The second-order valence-corrected chi connectivity index (χ2v) is 11.6. The van der Waals surface area contributed by atoms with Crippen LogP contribution in [0.1, 0.15) is 43.7 Å². The van der Waals surface area contributed by atoms with Gasteiger partial charge >= 0.3 is 6.18 Å². The number of alkyl halides is 3. The Balaban J connectivity index is 1.04. The maximum Gasteiger partial charge on any atom is 0.423 e. The normalized spacial score (nSPS) is 23.4. The summed E-state index contributed by atoms with van der Waals surface area (Å²) >= 11 is 0. The second kappa shape index (κ2) is 12.7. The molecule has 1 saturated heterocycles. The summed E-state index contributed by atoms with van der Waals surface area (Å²) in [5.74, 6) is 0.388. The van der Waals surface area contributed by atoms with E-state index in [9.17, 15) is 32.5 Å². The Hall–Kier alpha value is -3.45. The molecule has 2 aromatic carbocycles. The highest BCUT2D eigenvalue weighted by Gasteiger charge is 2.39. The summed E-state index contributed by atoms with van der Waals surface area (Å²) in [6.45, 7) is 4.63. The van der Waals surface area contributed by atoms with Crippen LogP contribution < -0.4 is 9.64 Å². The van der Waals surface area contributed by atoms with Crippen molar-refractivity contribution in [2.75, 3.05) is 44.7 Å². The molecule has 0 spiro atoms. The van der Waals surface area contributed by atoms with Crippen molar-refractivity contribution < 1.29 is 36.8 Å². The van der Waals surface area contributed by atoms with E-state index in [1.165, 1.54) is 18.2 Å². The zero-order valence-electron chi connectivity index (χ0n) is 24.2. The highest BCUT2D eigenvalue weighted by Crippen LogP contribution is 2.39. The first-order valence-electron chi connectivity index (χ1n) is 14.6. The first-order chi connectivity index (χ1) is 20.4. The Labute approximate surface area is 247 Å². The molecule has 0 aromatic heterocycles. The molecular weight excluding hydrogens is 572 g/mol. The fourth-order valence-corrected chi connectivity index (χ4v) is 6.35. The van der Waals surface area contributed by atoms with Crippen LogP contribution in [0, 0.1) is 15.9 Å². The number of nitrogens with zero attached hydrogens (tertiary/aromatic N) is 4. The van der Waals surface area contributed by atoms with Crippen molar-refractivity contribution in [3.8, 4) is 5.75 Å². The van der Waals surface area contributed by atoms with E-state index in [0.29, 0.717) is 58.3 Å². The summed E-state index contributed by atoms with van der Waals surface area (Å²) in [6.07, 6.45) is -1.75. The second-order valence-electron chi connectivity index (χ2n) is 11.6. The number of nitro benzene ring substituents is 1. The van der Waals surface area contributed by atoms with Crippen molar-refractivity contribution in [2.45, 2.75) is 69.5 Å². The number of rotatable bonds is 8. The molecule has 234 valence electrons. The van der Waals surface area contributed by atoms with Gasteiger partial charge in [0.05, 0.1) is 11.0 Å². The minimum absolute atomic E-state index is 0.0232. The van der Waals surface area contributed by atoms with Gasteiger partial charge in [0.2, 0.25) is 5.91 Å². The smallest absolute Gasteiger partial charge is 0.423 e. The average molecular weight is 609 g/mol. The van der Waals surface area contributed by atoms with Crippen LogP contribution >= 0.6 is 0 Å². The molecule has 0 bridgehead atoms. The predicted octanol–water partition coefficient (Wildman–Crippen LogP) is 5.05. The first kappa shape index (κ1) is 31.0. The summed E-state index contributed by atoms with van der Waals surface area (Å²) in [7, 11) is 1.69. The lowest BCUT2D eigenvalue weighted by molar-refractivity contribution is -0.388. The van der Waals surface area contributed by atoms with Crippen molar-refractivity contribution in [2.24, 2.45) is 0 Å². The van der Waals surface area contributed by atoms with Gasteiger partial charge in [-0.3, -0.25) is 19.8 Å². The molecule has 9 nitrogen and oxygen atoms in total. The summed E-state index contributed by atoms with van der Waals surface area (Å²) in [6, 6.07) is 7.74. The van der Waals surface area contributed by atoms with Gasteiger partial charge in [-0.25, -0.2) is 4.39 Å². The lowest BCUT2D eigenvalue weighted by Gasteiger charge is -2.40. The highest BCUT2D eigenvalue weighted by molar-refractivity contribution is 5.77. The quantitative estimate of drug-likeness (QED) is 0.235. The van der Waals surface area contributed by atoms with Crippen LogP contribution in [0.3, 0.4) is 0 Å². The molecule has 3 aliphatic rings. The van der Waals surface area contributed by atoms with Crippen LogP contribution in [-0.2, 0) is 22.1 Å². The molecular formula is C30H36F4N4O5. The molecule has 2 atom stereocenters. The Morgan fingerprint density at radius 3 is 2.47 bits per heavy atom. The Bertz CT molecular complexity index is 1330. The monoisotopic (exact) mass is 608 g/mol. The van der Waals surface area contributed by atoms with Gasteiger partial charge in [-0.2, -0.15) is 13.2 Å². The molecule has 2 aromatic rings. The Kier molecular flexibility index (Phi) is 9.12. The molecule has 5 rings (SSSR count). The van der Waals surface area contributed by atoms with E-state index in [2.05, 4.69) is 11.8 Å². The van der Waals surface area contributed by atoms with Crippen molar-refractivity contribution in [1.29, 1.82) is 0 Å². The van der Waals surface area contributed by atoms with Crippen molar-refractivity contribution >= 4 is 17.3 Å². The third-order valence-corrected chi connectivity index (χ3v) is 9.03. The van der Waals surface area contributed by atoms with Crippen molar-refractivity contribution in [1.82, 2.24) is 9.80 Å². The van der Waals surface area contributed by atoms with Crippen molar-refractivity contribution in [3.05, 3.63) is 63.5 Å². The van der Waals surface area contributed by atoms with E-state index in [-0.39, 0.29) is 48.3 Å². The molecule has 1 saturated carbocycles. The van der Waals surface area contributed by atoms with E-state index >= 15 is 0 Å². The SMILES string of the molecule is CC(C1Cc2cc(F)ccc2O1)N1CCN(C(=O)CO[C@H]2CC[C@H](N(C)c3ccc([N+](=O)[O-])c(C(F)(F)F)c3)CC2)CC1. The first-order valence-corrected chi connectivity index (χ1v) is 14.6. The minimum atomic E-state index is -4.83. The number of ether oxygens (including phenoxy) is 2. The number of carbonyl (C=O) groups excluding carboxylic acids is 1. The molecule has 2 aliphatic heterocycles. The number of piperazine rings is 1. The number of benzene rings is 2. The minimum Gasteiger partial charge on any atom is -0.488 e. The molecule has 13 heteroatoms. The molecule has 2 unspecified atom stereocenters. The number of carbonyl (C=O) groups is 1. The highest BCUT2D eigenvalue weighted by atomic mass is 19.4. The van der Waals surface area contributed by atoms with E-state index in [4.69, 9.17) is 9.47 Å². The van der Waals surface area contributed by atoms with Gasteiger partial charge in [-0.15, -0.1) is 0 Å². The Morgan fingerprint density at radius 2 is 1.81 bits per heavy atom. The number of hydrogen-bond donors (Lipinski definition) is 0. The molecule has 0 radical (unpaired) electrons. The number of halogens is 4. The number of anilines is 1. The van der Waals surface area contributed by atoms with Gasteiger partial charge in [-0.05, 0) is 62.9 Å². The molecule has 1 aliphatic carbocycles. The summed E-state index contributed by atoms with van der Waals surface area (Å²) in [5, 5.41) is 11.1. The number of nitro groups is 1. The van der Waals surface area contributed by atoms with Gasteiger partial charge in [0.1, 0.15) is 29.8 Å². The van der Waals surface area contributed by atoms with E-state index in [0.717, 1.165) is 23.4 Å². The van der Waals surface area contributed by atoms with Crippen LogP contribution in [-0.4, -0.2) is 84.8 Å². The molecule has 1 amide bonds. The fraction of sp³-hybridized carbons (Fsp3) is 0.567. The van der Waals surface area contributed by atoms with Gasteiger partial charge in [0, 0.05) is 69.0 Å². The van der Waals surface area contributed by atoms with E-state index < -0.39 is 22.4 Å². The van der Waals surface area contributed by atoms with E-state index in [1.807, 2.05) is 0 Å². The number of fused-ring (bicyclic) bond motifs is 1. The van der Waals surface area contributed by atoms with Crippen LogP contribution in [0.25, 0.3) is 0 Å². The topological polar surface area (TPSA) is 88.4 Å². The third kappa shape index (κ3) is 7.04. The zero-order valence-corrected chi connectivity index (χ0v) is 24.2. The number of hydrogen-bond acceptors (Lipinski definition) is 7. The lowest BCUT2D eigenvalue weighted by Crippen LogP contribution is -2.55. The predicted molar refractivity (Wildman–Crippen MR) is 151 cm³/mol. The third-order valence-electron chi connectivity index (χ3n) is 9.03. The lowest BCUT2D eigenvalue weighted by atomic mass is 9.91. The van der Waals surface area contributed by atoms with Gasteiger partial charge in [0.15, 0.2) is 0 Å². The van der Waals surface area contributed by atoms with Gasteiger partial charge in [-0.1, -0.05) is 0 Å². The molecule has 2 fully saturated rings. The summed E-state index contributed by atoms with van der Waals surface area (Å²) < 4.78 is 65.8. The van der Waals surface area contributed by atoms with Crippen molar-refractivity contribution in [3.63, 3.8) is 0 Å². The molecule has 0 N–H and O–H groups in total. The average Bonchev–Trinajstić information content (AvgIpc) is 3.42. The maximum atomic E-state index is 13.6. The van der Waals surface area contributed by atoms with Crippen LogP contribution in [0.5, 0.6) is 5.75 Å². The summed E-state index contributed by atoms with van der Waals surface area (Å²) in [4.78, 5) is 28.7. The summed E-state index contributed by atoms with van der Waals surface area (Å²) in [5.41, 5.74) is -1.08. The molecule has 43 heavy (non-hydrogen) atoms. The standard InChI is InChI=1S/C30H36F4N4O5/c1-19(28-16-20-15-21(31)3-10-27(20)43-28)36-11-13-37(14-12-36)29(39)18-42-24-7-4-22(5-8-24)35(2)23-6-9-26(38(40)41)25(17-23)30(32,33)34/h3,6,9-10,15,17,19,22,24,28H,4-5,7-8,11-14,16,18H2,1-2H3/t19?,22-,24-,28?. The van der Waals surface area contributed by atoms with Gasteiger partial charge < -0.3 is 19.3 Å². The fourth-order valence-electron chi connectivity index (χ4n) is 6.35. The van der Waals surface area contributed by atoms with Crippen LogP contribution in [0.2, 0.25) is 0 Å².